The highest BCUT2D eigenvalue weighted by molar-refractivity contribution is 6.30. The Bertz CT molecular complexity index is 681. The van der Waals surface area contributed by atoms with E-state index < -0.39 is 0 Å². The van der Waals surface area contributed by atoms with Crippen molar-refractivity contribution in [3.05, 3.63) is 23.2 Å². The maximum atomic E-state index is 11.6. The fourth-order valence-corrected chi connectivity index (χ4v) is 3.24. The van der Waals surface area contributed by atoms with E-state index in [0.717, 1.165) is 43.5 Å². The van der Waals surface area contributed by atoms with Gasteiger partial charge in [-0.25, -0.2) is 0 Å². The molecule has 1 saturated heterocycles. The minimum Gasteiger partial charge on any atom is -0.495 e. The van der Waals surface area contributed by atoms with E-state index in [1.165, 1.54) is 0 Å². The van der Waals surface area contributed by atoms with Gasteiger partial charge in [-0.15, -0.1) is 0 Å². The number of benzene rings is 1. The summed E-state index contributed by atoms with van der Waals surface area (Å²) in [6.07, 6.45) is 0.990. The van der Waals surface area contributed by atoms with Crippen LogP contribution in [-0.4, -0.2) is 57.7 Å². The Morgan fingerprint density at radius 1 is 1.39 bits per heavy atom. The molecule has 1 unspecified atom stereocenters. The van der Waals surface area contributed by atoms with Crippen molar-refractivity contribution < 1.29 is 9.53 Å². The Labute approximate surface area is 172 Å². The van der Waals surface area contributed by atoms with Gasteiger partial charge in [0.2, 0.25) is 5.91 Å². The minimum atomic E-state index is -0.0108. The largest absolute Gasteiger partial charge is 0.495 e. The van der Waals surface area contributed by atoms with Crippen LogP contribution in [0.25, 0.3) is 0 Å². The zero-order chi connectivity index (χ0) is 20.5. The third-order valence-corrected chi connectivity index (χ3v) is 4.80. The standard InChI is InChI=1S/C20H32ClN5O2/c1-5-22-20(24-10-9-23-19(27)14(2)3)25-16-8-11-26(13-16)17-12-15(21)6-7-18(17)28-4/h6-7,12,14,16H,5,8-11,13H2,1-4H3,(H,23,27)(H2,22,24,25). The van der Waals surface area contributed by atoms with Crippen LogP contribution in [-0.2, 0) is 4.79 Å². The summed E-state index contributed by atoms with van der Waals surface area (Å²) in [6.45, 7) is 9.40. The van der Waals surface area contributed by atoms with Gasteiger partial charge in [0.15, 0.2) is 5.96 Å². The van der Waals surface area contributed by atoms with E-state index in [4.69, 9.17) is 16.3 Å². The highest BCUT2D eigenvalue weighted by atomic mass is 35.5. The van der Waals surface area contributed by atoms with Crippen LogP contribution in [0.15, 0.2) is 23.2 Å². The van der Waals surface area contributed by atoms with Crippen molar-refractivity contribution in [1.29, 1.82) is 0 Å². The second-order valence-electron chi connectivity index (χ2n) is 7.10. The Morgan fingerprint density at radius 2 is 2.18 bits per heavy atom. The zero-order valence-electron chi connectivity index (χ0n) is 17.2. The molecule has 1 aliphatic rings. The predicted octanol–water partition coefficient (Wildman–Crippen LogP) is 2.25. The van der Waals surface area contributed by atoms with Gasteiger partial charge in [-0.3, -0.25) is 9.79 Å². The Kier molecular flexibility index (Phi) is 8.70. The first-order valence-electron chi connectivity index (χ1n) is 9.85. The summed E-state index contributed by atoms with van der Waals surface area (Å²) in [5.41, 5.74) is 1.01. The van der Waals surface area contributed by atoms with Crippen molar-refractivity contribution in [2.75, 3.05) is 44.7 Å². The quantitative estimate of drug-likeness (QED) is 0.348. The van der Waals surface area contributed by atoms with Crippen LogP contribution in [0.2, 0.25) is 5.02 Å². The molecule has 0 radical (unpaired) electrons. The smallest absolute Gasteiger partial charge is 0.222 e. The number of guanidine groups is 1. The Hall–Kier alpha value is -2.15. The molecule has 2 rings (SSSR count). The number of carbonyl (C=O) groups is 1. The molecule has 0 spiro atoms. The van der Waals surface area contributed by atoms with Crippen LogP contribution >= 0.6 is 11.6 Å². The van der Waals surface area contributed by atoms with Crippen LogP contribution in [0.5, 0.6) is 5.75 Å². The molecule has 1 aromatic rings. The predicted molar refractivity (Wildman–Crippen MR) is 116 cm³/mol. The van der Waals surface area contributed by atoms with Gasteiger partial charge in [0.25, 0.3) is 0 Å². The van der Waals surface area contributed by atoms with Crippen molar-refractivity contribution in [3.63, 3.8) is 0 Å². The zero-order valence-corrected chi connectivity index (χ0v) is 18.0. The Morgan fingerprint density at radius 3 is 2.86 bits per heavy atom. The third-order valence-electron chi connectivity index (χ3n) is 4.56. The molecule has 28 heavy (non-hydrogen) atoms. The van der Waals surface area contributed by atoms with Crippen LogP contribution in [0.1, 0.15) is 27.2 Å². The number of hydrogen-bond acceptors (Lipinski definition) is 4. The normalized spacial score (nSPS) is 17.0. The monoisotopic (exact) mass is 409 g/mol. The van der Waals surface area contributed by atoms with Crippen molar-refractivity contribution in [1.82, 2.24) is 16.0 Å². The van der Waals surface area contributed by atoms with Gasteiger partial charge in [-0.1, -0.05) is 25.4 Å². The summed E-state index contributed by atoms with van der Waals surface area (Å²) in [4.78, 5) is 18.5. The third kappa shape index (κ3) is 6.48. The van der Waals surface area contributed by atoms with Gasteiger partial charge in [0, 0.05) is 43.2 Å². The van der Waals surface area contributed by atoms with E-state index in [1.54, 1.807) is 7.11 Å². The first kappa shape index (κ1) is 22.1. The first-order valence-corrected chi connectivity index (χ1v) is 10.2. The summed E-state index contributed by atoms with van der Waals surface area (Å²) < 4.78 is 5.48. The number of aliphatic imine (C=N–C) groups is 1. The lowest BCUT2D eigenvalue weighted by Crippen LogP contribution is -2.45. The van der Waals surface area contributed by atoms with Crippen molar-refractivity contribution >= 4 is 29.2 Å². The molecule has 1 aliphatic heterocycles. The van der Waals surface area contributed by atoms with E-state index in [-0.39, 0.29) is 17.9 Å². The van der Waals surface area contributed by atoms with E-state index in [9.17, 15) is 4.79 Å². The van der Waals surface area contributed by atoms with Gasteiger partial charge >= 0.3 is 0 Å². The molecule has 0 aromatic heterocycles. The van der Waals surface area contributed by atoms with E-state index in [2.05, 4.69) is 25.8 Å². The number of hydrogen-bond donors (Lipinski definition) is 3. The number of nitrogens with zero attached hydrogens (tertiary/aromatic N) is 2. The summed E-state index contributed by atoms with van der Waals surface area (Å²) in [5.74, 6) is 1.64. The first-order chi connectivity index (χ1) is 13.4. The maximum Gasteiger partial charge on any atom is 0.222 e. The summed E-state index contributed by atoms with van der Waals surface area (Å²) in [6, 6.07) is 5.95. The average molecular weight is 410 g/mol. The maximum absolute atomic E-state index is 11.6. The molecule has 3 N–H and O–H groups in total. The second-order valence-corrected chi connectivity index (χ2v) is 7.53. The molecule has 156 valence electrons. The average Bonchev–Trinajstić information content (AvgIpc) is 3.13. The summed E-state index contributed by atoms with van der Waals surface area (Å²) in [7, 11) is 1.67. The minimum absolute atomic E-state index is 0.0108. The summed E-state index contributed by atoms with van der Waals surface area (Å²) >= 11 is 6.17. The second kappa shape index (κ2) is 11.0. The van der Waals surface area contributed by atoms with Crippen molar-refractivity contribution in [2.24, 2.45) is 10.9 Å². The highest BCUT2D eigenvalue weighted by Gasteiger charge is 2.25. The SMILES string of the molecule is CCNC(=NCCNC(=O)C(C)C)NC1CCN(c2cc(Cl)ccc2OC)C1. The van der Waals surface area contributed by atoms with Crippen LogP contribution in [0.4, 0.5) is 5.69 Å². The molecule has 1 heterocycles. The van der Waals surface area contributed by atoms with Gasteiger partial charge in [-0.2, -0.15) is 0 Å². The number of halogens is 1. The molecule has 1 aromatic carbocycles. The molecular weight excluding hydrogens is 378 g/mol. The molecular formula is C20H32ClN5O2. The molecule has 8 heteroatoms. The van der Waals surface area contributed by atoms with E-state index >= 15 is 0 Å². The Balaban J connectivity index is 1.91. The number of carbonyl (C=O) groups excluding carboxylic acids is 1. The number of anilines is 1. The van der Waals surface area contributed by atoms with Crippen molar-refractivity contribution in [2.45, 2.75) is 33.2 Å². The van der Waals surface area contributed by atoms with Crippen LogP contribution in [0, 0.1) is 5.92 Å². The molecule has 0 saturated carbocycles. The number of amides is 1. The van der Waals surface area contributed by atoms with E-state index in [0.29, 0.717) is 18.1 Å². The fourth-order valence-electron chi connectivity index (χ4n) is 3.07. The van der Waals surface area contributed by atoms with Gasteiger partial charge in [0.05, 0.1) is 19.3 Å². The number of rotatable bonds is 8. The lowest BCUT2D eigenvalue weighted by molar-refractivity contribution is -0.123. The molecule has 7 nitrogen and oxygen atoms in total. The number of nitrogens with one attached hydrogen (secondary N) is 3. The molecule has 1 fully saturated rings. The molecule has 0 bridgehead atoms. The van der Waals surface area contributed by atoms with Crippen molar-refractivity contribution in [3.8, 4) is 5.75 Å². The number of methoxy groups -OCH3 is 1. The van der Waals surface area contributed by atoms with Gasteiger partial charge in [0.1, 0.15) is 5.75 Å². The van der Waals surface area contributed by atoms with Gasteiger partial charge in [-0.05, 0) is 31.5 Å². The van der Waals surface area contributed by atoms with E-state index in [1.807, 2.05) is 39.0 Å². The molecule has 0 aliphatic carbocycles. The van der Waals surface area contributed by atoms with Crippen LogP contribution in [0.3, 0.4) is 0 Å². The molecule has 1 atom stereocenters. The fraction of sp³-hybridized carbons (Fsp3) is 0.600. The highest BCUT2D eigenvalue weighted by Crippen LogP contribution is 2.33. The molecule has 1 amide bonds. The summed E-state index contributed by atoms with van der Waals surface area (Å²) in [5, 5.41) is 10.3. The topological polar surface area (TPSA) is 78.0 Å². The lowest BCUT2D eigenvalue weighted by atomic mass is 10.2. The number of ether oxygens (including phenoxy) is 1. The van der Waals surface area contributed by atoms with Gasteiger partial charge < -0.3 is 25.6 Å². The van der Waals surface area contributed by atoms with Crippen LogP contribution < -0.4 is 25.6 Å². The lowest BCUT2D eigenvalue weighted by Gasteiger charge is -2.22.